The Morgan fingerprint density at radius 3 is 2.69 bits per heavy atom. The fourth-order valence-electron chi connectivity index (χ4n) is 1.64. The SMILES string of the molecule is CC[C@@H](Cc1cccc(OC)c1)C(=O)OC. The van der Waals surface area contributed by atoms with E-state index in [4.69, 9.17) is 9.47 Å². The van der Waals surface area contributed by atoms with Gasteiger partial charge in [0.25, 0.3) is 0 Å². The standard InChI is InChI=1S/C13H18O3/c1-4-11(13(14)16-3)8-10-6-5-7-12(9-10)15-2/h5-7,9,11H,4,8H2,1-3H3/t11-/m0/s1. The van der Waals surface area contributed by atoms with Crippen LogP contribution in [0, 0.1) is 5.92 Å². The largest absolute Gasteiger partial charge is 0.497 e. The van der Waals surface area contributed by atoms with Crippen molar-refractivity contribution in [2.75, 3.05) is 14.2 Å². The lowest BCUT2D eigenvalue weighted by Gasteiger charge is -2.12. The van der Waals surface area contributed by atoms with E-state index in [2.05, 4.69) is 0 Å². The normalized spacial score (nSPS) is 11.9. The van der Waals surface area contributed by atoms with Crippen LogP contribution in [-0.2, 0) is 16.0 Å². The zero-order chi connectivity index (χ0) is 12.0. The molecule has 0 aliphatic heterocycles. The molecule has 0 bridgehead atoms. The number of methoxy groups -OCH3 is 2. The van der Waals surface area contributed by atoms with Gasteiger partial charge in [-0.05, 0) is 30.5 Å². The highest BCUT2D eigenvalue weighted by Crippen LogP contribution is 2.18. The highest BCUT2D eigenvalue weighted by atomic mass is 16.5. The average molecular weight is 222 g/mol. The molecule has 0 saturated heterocycles. The van der Waals surface area contributed by atoms with Crippen molar-refractivity contribution in [1.29, 1.82) is 0 Å². The molecule has 3 heteroatoms. The molecular weight excluding hydrogens is 204 g/mol. The van der Waals surface area contributed by atoms with E-state index in [1.165, 1.54) is 7.11 Å². The van der Waals surface area contributed by atoms with Gasteiger partial charge in [-0.25, -0.2) is 0 Å². The van der Waals surface area contributed by atoms with Crippen molar-refractivity contribution in [3.63, 3.8) is 0 Å². The van der Waals surface area contributed by atoms with Gasteiger partial charge in [0.2, 0.25) is 0 Å². The molecule has 1 rings (SSSR count). The van der Waals surface area contributed by atoms with Crippen molar-refractivity contribution >= 4 is 5.97 Å². The minimum atomic E-state index is -0.148. The van der Waals surface area contributed by atoms with Crippen LogP contribution in [0.25, 0.3) is 0 Å². The van der Waals surface area contributed by atoms with Gasteiger partial charge in [0.15, 0.2) is 0 Å². The molecule has 0 aromatic heterocycles. The van der Waals surface area contributed by atoms with Gasteiger partial charge < -0.3 is 9.47 Å². The van der Waals surface area contributed by atoms with E-state index in [1.54, 1.807) is 7.11 Å². The Hall–Kier alpha value is -1.51. The quantitative estimate of drug-likeness (QED) is 0.718. The van der Waals surface area contributed by atoms with Gasteiger partial charge in [-0.1, -0.05) is 19.1 Å². The fraction of sp³-hybridized carbons (Fsp3) is 0.462. The lowest BCUT2D eigenvalue weighted by Crippen LogP contribution is -2.17. The number of hydrogen-bond donors (Lipinski definition) is 0. The van der Waals surface area contributed by atoms with Crippen molar-refractivity contribution < 1.29 is 14.3 Å². The number of rotatable bonds is 5. The first-order chi connectivity index (χ1) is 7.71. The third-order valence-electron chi connectivity index (χ3n) is 2.64. The first-order valence-corrected chi connectivity index (χ1v) is 5.42. The van der Waals surface area contributed by atoms with E-state index in [0.717, 1.165) is 17.7 Å². The summed E-state index contributed by atoms with van der Waals surface area (Å²) in [5.74, 6) is 0.597. The van der Waals surface area contributed by atoms with Crippen LogP contribution in [0.3, 0.4) is 0 Å². The zero-order valence-electron chi connectivity index (χ0n) is 10.0. The van der Waals surface area contributed by atoms with Crippen molar-refractivity contribution in [1.82, 2.24) is 0 Å². The predicted molar refractivity (Wildman–Crippen MR) is 62.5 cm³/mol. The third-order valence-corrected chi connectivity index (χ3v) is 2.64. The number of hydrogen-bond acceptors (Lipinski definition) is 3. The maximum Gasteiger partial charge on any atom is 0.308 e. The summed E-state index contributed by atoms with van der Waals surface area (Å²) in [5.41, 5.74) is 1.09. The van der Waals surface area contributed by atoms with Crippen LogP contribution in [-0.4, -0.2) is 20.2 Å². The molecule has 0 N–H and O–H groups in total. The van der Waals surface area contributed by atoms with E-state index in [9.17, 15) is 4.79 Å². The Kier molecular flexibility index (Phi) is 4.83. The zero-order valence-corrected chi connectivity index (χ0v) is 10.0. The van der Waals surface area contributed by atoms with Crippen LogP contribution < -0.4 is 4.74 Å². The fourth-order valence-corrected chi connectivity index (χ4v) is 1.64. The molecule has 88 valence electrons. The van der Waals surface area contributed by atoms with Crippen LogP contribution >= 0.6 is 0 Å². The summed E-state index contributed by atoms with van der Waals surface area (Å²) in [6.45, 7) is 1.99. The summed E-state index contributed by atoms with van der Waals surface area (Å²) in [6.07, 6.45) is 1.48. The third kappa shape index (κ3) is 3.26. The Labute approximate surface area is 96.4 Å². The molecule has 0 amide bonds. The number of esters is 1. The van der Waals surface area contributed by atoms with Crippen molar-refractivity contribution in [3.8, 4) is 5.75 Å². The molecule has 0 spiro atoms. The molecule has 0 saturated carbocycles. The summed E-state index contributed by atoms with van der Waals surface area (Å²) in [7, 11) is 3.06. The van der Waals surface area contributed by atoms with Crippen LogP contribution in [0.1, 0.15) is 18.9 Å². The smallest absolute Gasteiger partial charge is 0.308 e. The van der Waals surface area contributed by atoms with Gasteiger partial charge in [-0.2, -0.15) is 0 Å². The molecule has 0 fully saturated rings. The Morgan fingerprint density at radius 2 is 2.12 bits per heavy atom. The molecule has 1 atom stereocenters. The highest BCUT2D eigenvalue weighted by Gasteiger charge is 2.17. The number of ether oxygens (including phenoxy) is 2. The molecular formula is C13H18O3. The lowest BCUT2D eigenvalue weighted by molar-refractivity contribution is -0.145. The average Bonchev–Trinajstić information content (AvgIpc) is 2.35. The molecule has 0 radical (unpaired) electrons. The summed E-state index contributed by atoms with van der Waals surface area (Å²) in [5, 5.41) is 0. The monoisotopic (exact) mass is 222 g/mol. The highest BCUT2D eigenvalue weighted by molar-refractivity contribution is 5.72. The van der Waals surface area contributed by atoms with Gasteiger partial charge in [-0.3, -0.25) is 4.79 Å². The molecule has 1 aromatic carbocycles. The van der Waals surface area contributed by atoms with E-state index < -0.39 is 0 Å². The number of carbonyl (C=O) groups is 1. The van der Waals surface area contributed by atoms with Gasteiger partial charge in [-0.15, -0.1) is 0 Å². The maximum atomic E-state index is 11.4. The van der Waals surface area contributed by atoms with Crippen molar-refractivity contribution in [2.24, 2.45) is 5.92 Å². The summed E-state index contributed by atoms with van der Waals surface area (Å²) < 4.78 is 9.90. The number of carbonyl (C=O) groups excluding carboxylic acids is 1. The minimum Gasteiger partial charge on any atom is -0.497 e. The van der Waals surface area contributed by atoms with Gasteiger partial charge in [0, 0.05) is 0 Å². The maximum absolute atomic E-state index is 11.4. The molecule has 0 aliphatic carbocycles. The Bertz CT molecular complexity index is 347. The Balaban J connectivity index is 2.73. The summed E-state index contributed by atoms with van der Waals surface area (Å²) in [6, 6.07) is 7.76. The van der Waals surface area contributed by atoms with Gasteiger partial charge >= 0.3 is 5.97 Å². The van der Waals surface area contributed by atoms with Crippen molar-refractivity contribution in [3.05, 3.63) is 29.8 Å². The molecule has 0 aliphatic rings. The molecule has 0 unspecified atom stereocenters. The topological polar surface area (TPSA) is 35.5 Å². The van der Waals surface area contributed by atoms with Crippen LogP contribution in [0.2, 0.25) is 0 Å². The van der Waals surface area contributed by atoms with E-state index >= 15 is 0 Å². The summed E-state index contributed by atoms with van der Waals surface area (Å²) in [4.78, 5) is 11.4. The van der Waals surface area contributed by atoms with Crippen LogP contribution in [0.5, 0.6) is 5.75 Å². The lowest BCUT2D eigenvalue weighted by atomic mass is 9.97. The number of benzene rings is 1. The predicted octanol–water partition coefficient (Wildman–Crippen LogP) is 2.44. The molecule has 3 nitrogen and oxygen atoms in total. The first-order valence-electron chi connectivity index (χ1n) is 5.42. The van der Waals surface area contributed by atoms with Crippen molar-refractivity contribution in [2.45, 2.75) is 19.8 Å². The second kappa shape index (κ2) is 6.16. The molecule has 16 heavy (non-hydrogen) atoms. The first kappa shape index (κ1) is 12.6. The van der Waals surface area contributed by atoms with Gasteiger partial charge in [0.1, 0.15) is 5.75 Å². The van der Waals surface area contributed by atoms with E-state index in [1.807, 2.05) is 31.2 Å². The molecule has 0 heterocycles. The Morgan fingerprint density at radius 1 is 1.38 bits per heavy atom. The van der Waals surface area contributed by atoms with Crippen LogP contribution in [0.4, 0.5) is 0 Å². The second-order valence-electron chi connectivity index (χ2n) is 3.68. The van der Waals surface area contributed by atoms with E-state index in [-0.39, 0.29) is 11.9 Å². The molecule has 1 aromatic rings. The minimum absolute atomic E-state index is 0.0721. The van der Waals surface area contributed by atoms with E-state index in [0.29, 0.717) is 6.42 Å². The second-order valence-corrected chi connectivity index (χ2v) is 3.68. The van der Waals surface area contributed by atoms with Gasteiger partial charge in [0.05, 0.1) is 20.1 Å². The van der Waals surface area contributed by atoms with Crippen LogP contribution in [0.15, 0.2) is 24.3 Å². The summed E-state index contributed by atoms with van der Waals surface area (Å²) >= 11 is 0.